The van der Waals surface area contributed by atoms with Gasteiger partial charge in [0.15, 0.2) is 0 Å². The van der Waals surface area contributed by atoms with Crippen LogP contribution in [-0.4, -0.2) is 16.2 Å². The third-order valence-corrected chi connectivity index (χ3v) is 6.50. The molecule has 0 bridgehead atoms. The van der Waals surface area contributed by atoms with E-state index in [4.69, 9.17) is 0 Å². The summed E-state index contributed by atoms with van der Waals surface area (Å²) in [5, 5.41) is 10.1. The van der Waals surface area contributed by atoms with E-state index < -0.39 is 0 Å². The summed E-state index contributed by atoms with van der Waals surface area (Å²) in [6, 6.07) is 20.0. The van der Waals surface area contributed by atoms with E-state index in [1.807, 2.05) is 0 Å². The Bertz CT molecular complexity index is 927. The summed E-state index contributed by atoms with van der Waals surface area (Å²) in [4.78, 5) is 0. The number of nitrogens with one attached hydrogen (secondary N) is 1. The summed E-state index contributed by atoms with van der Waals surface area (Å²) in [6.07, 6.45) is 7.89. The monoisotopic (exact) mass is 403 g/mol. The predicted octanol–water partition coefficient (Wildman–Crippen LogP) is 6.75. The summed E-state index contributed by atoms with van der Waals surface area (Å²) in [5.74, 6) is 0. The fraction of sp³-hybridized carbons (Fsp3) is 0.360. The molecule has 0 amide bonds. The second-order valence-electron chi connectivity index (χ2n) is 8.09. The molecule has 0 aliphatic heterocycles. The molecule has 3 nitrogen and oxygen atoms in total. The Kier molecular flexibility index (Phi) is 6.63. The molecule has 0 spiro atoms. The smallest absolute Gasteiger partial charge is 0.134 e. The van der Waals surface area contributed by atoms with Crippen LogP contribution < -0.4 is 4.72 Å². The third kappa shape index (κ3) is 5.26. The lowest BCUT2D eigenvalue weighted by Gasteiger charge is -2.16. The van der Waals surface area contributed by atoms with Crippen LogP contribution in [0, 0.1) is 13.8 Å². The molecule has 1 heterocycles. The van der Waals surface area contributed by atoms with Crippen molar-refractivity contribution in [2.24, 2.45) is 0 Å². The summed E-state index contributed by atoms with van der Waals surface area (Å²) in [6.45, 7) is 4.22. The van der Waals surface area contributed by atoms with Gasteiger partial charge in [0.2, 0.25) is 0 Å². The SMILES string of the molecule is Cc1ccc(-c2cc(SNC3CCCCCC3)nnc2-c2ccc(C)cc2)cc1. The Morgan fingerprint density at radius 2 is 1.34 bits per heavy atom. The van der Waals surface area contributed by atoms with Crippen molar-refractivity contribution in [1.29, 1.82) is 0 Å². The van der Waals surface area contributed by atoms with E-state index in [0.717, 1.165) is 21.8 Å². The lowest BCUT2D eigenvalue weighted by atomic mass is 9.99. The maximum Gasteiger partial charge on any atom is 0.134 e. The molecule has 4 rings (SSSR count). The molecular formula is C25H29N3S. The molecule has 4 heteroatoms. The van der Waals surface area contributed by atoms with Crippen LogP contribution in [0.5, 0.6) is 0 Å². The molecule has 150 valence electrons. The number of nitrogens with zero attached hydrogens (tertiary/aromatic N) is 2. The largest absolute Gasteiger partial charge is 0.255 e. The van der Waals surface area contributed by atoms with Gasteiger partial charge >= 0.3 is 0 Å². The van der Waals surface area contributed by atoms with Gasteiger partial charge in [-0.1, -0.05) is 85.3 Å². The van der Waals surface area contributed by atoms with Gasteiger partial charge in [-0.15, -0.1) is 10.2 Å². The Hall–Kier alpha value is -2.17. The minimum Gasteiger partial charge on any atom is -0.255 e. The highest BCUT2D eigenvalue weighted by Crippen LogP contribution is 2.33. The van der Waals surface area contributed by atoms with Crippen LogP contribution in [0.2, 0.25) is 0 Å². The molecule has 1 N–H and O–H groups in total. The molecule has 1 aliphatic rings. The molecule has 0 radical (unpaired) electrons. The van der Waals surface area contributed by atoms with Crippen LogP contribution in [0.15, 0.2) is 59.6 Å². The van der Waals surface area contributed by atoms with Crippen molar-refractivity contribution in [2.45, 2.75) is 63.4 Å². The molecule has 0 atom stereocenters. The second kappa shape index (κ2) is 9.55. The van der Waals surface area contributed by atoms with Crippen molar-refractivity contribution in [3.63, 3.8) is 0 Å². The van der Waals surface area contributed by atoms with Gasteiger partial charge in [0, 0.05) is 17.2 Å². The van der Waals surface area contributed by atoms with Crippen molar-refractivity contribution in [3.8, 4) is 22.4 Å². The second-order valence-corrected chi connectivity index (χ2v) is 8.94. The first-order chi connectivity index (χ1) is 14.2. The van der Waals surface area contributed by atoms with E-state index in [-0.39, 0.29) is 0 Å². The molecule has 1 saturated carbocycles. The Labute approximate surface area is 178 Å². The zero-order chi connectivity index (χ0) is 20.1. The van der Waals surface area contributed by atoms with Gasteiger partial charge in [-0.25, -0.2) is 0 Å². The summed E-state index contributed by atoms with van der Waals surface area (Å²) < 4.78 is 3.65. The lowest BCUT2D eigenvalue weighted by Crippen LogP contribution is -2.22. The van der Waals surface area contributed by atoms with Gasteiger partial charge in [-0.05, 0) is 50.3 Å². The van der Waals surface area contributed by atoms with Crippen LogP contribution in [0.4, 0.5) is 0 Å². The van der Waals surface area contributed by atoms with E-state index in [1.54, 1.807) is 11.9 Å². The van der Waals surface area contributed by atoms with Crippen LogP contribution in [0.3, 0.4) is 0 Å². The van der Waals surface area contributed by atoms with Crippen LogP contribution in [0.1, 0.15) is 49.7 Å². The van der Waals surface area contributed by atoms with Crippen molar-refractivity contribution < 1.29 is 0 Å². The fourth-order valence-corrected chi connectivity index (χ4v) is 4.62. The summed E-state index contributed by atoms with van der Waals surface area (Å²) in [7, 11) is 0. The first-order valence-electron chi connectivity index (χ1n) is 10.6. The zero-order valence-electron chi connectivity index (χ0n) is 17.3. The molecule has 0 saturated heterocycles. The van der Waals surface area contributed by atoms with Crippen molar-refractivity contribution in [1.82, 2.24) is 14.9 Å². The van der Waals surface area contributed by atoms with Crippen molar-refractivity contribution in [2.75, 3.05) is 0 Å². The average Bonchev–Trinajstić information content (AvgIpc) is 3.02. The highest BCUT2D eigenvalue weighted by molar-refractivity contribution is 7.97. The van der Waals surface area contributed by atoms with Crippen molar-refractivity contribution >= 4 is 11.9 Å². The first kappa shape index (κ1) is 20.1. The van der Waals surface area contributed by atoms with Crippen LogP contribution >= 0.6 is 11.9 Å². The highest BCUT2D eigenvalue weighted by Gasteiger charge is 2.15. The van der Waals surface area contributed by atoms with Crippen molar-refractivity contribution in [3.05, 3.63) is 65.7 Å². The van der Waals surface area contributed by atoms with E-state index >= 15 is 0 Å². The van der Waals surface area contributed by atoms with E-state index in [1.165, 1.54) is 55.2 Å². The highest BCUT2D eigenvalue weighted by atomic mass is 32.2. The maximum atomic E-state index is 4.65. The summed E-state index contributed by atoms with van der Waals surface area (Å²) in [5.41, 5.74) is 6.86. The van der Waals surface area contributed by atoms with Crippen LogP contribution in [-0.2, 0) is 0 Å². The fourth-order valence-electron chi connectivity index (χ4n) is 3.84. The molecule has 29 heavy (non-hydrogen) atoms. The number of hydrogen-bond donors (Lipinski definition) is 1. The zero-order valence-corrected chi connectivity index (χ0v) is 18.1. The van der Waals surface area contributed by atoms with Gasteiger partial charge in [0.05, 0.1) is 0 Å². The maximum absolute atomic E-state index is 4.65. The Balaban J connectivity index is 1.63. The molecule has 3 aromatic rings. The first-order valence-corrected chi connectivity index (χ1v) is 11.4. The molecule has 1 aliphatic carbocycles. The number of benzene rings is 2. The molecule has 2 aromatic carbocycles. The summed E-state index contributed by atoms with van der Waals surface area (Å²) >= 11 is 1.63. The predicted molar refractivity (Wildman–Crippen MR) is 123 cm³/mol. The van der Waals surface area contributed by atoms with Gasteiger partial charge in [-0.3, -0.25) is 4.72 Å². The number of rotatable bonds is 5. The van der Waals surface area contributed by atoms with Crippen LogP contribution in [0.25, 0.3) is 22.4 Å². The molecule has 0 unspecified atom stereocenters. The average molecular weight is 404 g/mol. The van der Waals surface area contributed by atoms with E-state index in [0.29, 0.717) is 6.04 Å². The number of aromatic nitrogens is 2. The Morgan fingerprint density at radius 3 is 1.97 bits per heavy atom. The van der Waals surface area contributed by atoms with E-state index in [2.05, 4.69) is 83.4 Å². The van der Waals surface area contributed by atoms with E-state index in [9.17, 15) is 0 Å². The van der Waals surface area contributed by atoms with Gasteiger partial charge in [0.1, 0.15) is 10.7 Å². The minimum atomic E-state index is 0.573. The Morgan fingerprint density at radius 1 is 0.759 bits per heavy atom. The molecular weight excluding hydrogens is 374 g/mol. The molecule has 1 fully saturated rings. The molecule has 1 aromatic heterocycles. The third-order valence-electron chi connectivity index (χ3n) is 5.64. The lowest BCUT2D eigenvalue weighted by molar-refractivity contribution is 0.550. The topological polar surface area (TPSA) is 37.8 Å². The van der Waals surface area contributed by atoms with Gasteiger partial charge < -0.3 is 0 Å². The van der Waals surface area contributed by atoms with Gasteiger partial charge in [0.25, 0.3) is 0 Å². The number of hydrogen-bond acceptors (Lipinski definition) is 4. The minimum absolute atomic E-state index is 0.573. The standard InChI is InChI=1S/C25H29N3S/c1-18-9-13-20(14-10-18)23-17-24(29-28-22-7-5-3-4-6-8-22)26-27-25(23)21-15-11-19(2)12-16-21/h9-17,22,28H,3-8H2,1-2H3. The van der Waals surface area contributed by atoms with Gasteiger partial charge in [-0.2, -0.15) is 0 Å². The quantitative estimate of drug-likeness (QED) is 0.378. The normalized spacial score (nSPS) is 15.2. The number of aryl methyl sites for hydroxylation is 2.